The predicted molar refractivity (Wildman–Crippen MR) is 141 cm³/mol. The van der Waals surface area contributed by atoms with Gasteiger partial charge in [-0.25, -0.2) is 0 Å². The Morgan fingerprint density at radius 2 is 1.66 bits per heavy atom. The molecule has 3 saturated carbocycles. The Kier molecular flexibility index (Phi) is 6.88. The molecule has 4 rings (SSSR count). The quantitative estimate of drug-likeness (QED) is 0.320. The second kappa shape index (κ2) is 8.86. The Bertz CT molecular complexity index is 843. The highest BCUT2D eigenvalue weighted by Crippen LogP contribution is 2.74. The van der Waals surface area contributed by atoms with Crippen molar-refractivity contribution in [2.24, 2.45) is 39.9 Å². The van der Waals surface area contributed by atoms with Gasteiger partial charge in [0, 0.05) is 6.42 Å². The molecule has 4 fully saturated rings. The molecule has 0 radical (unpaired) electrons. The molecule has 0 aromatic carbocycles. The van der Waals surface area contributed by atoms with Gasteiger partial charge >= 0.3 is 5.97 Å². The molecular weight excluding hydrogens is 436 g/mol. The van der Waals surface area contributed by atoms with Crippen LogP contribution in [0.3, 0.4) is 0 Å². The third-order valence-electron chi connectivity index (χ3n) is 12.2. The molecule has 2 unspecified atom stereocenters. The molecular formula is C31H52O4. The van der Waals surface area contributed by atoms with E-state index in [1.807, 2.05) is 13.8 Å². The zero-order valence-electron chi connectivity index (χ0n) is 23.8. The molecule has 0 aromatic heterocycles. The largest absolute Gasteiger partial charge is 0.469 e. The maximum atomic E-state index is 12.2. The molecule has 0 aromatic rings. The van der Waals surface area contributed by atoms with Crippen LogP contribution in [0.1, 0.15) is 113 Å². The number of hydrogen-bond donors (Lipinski definition) is 1. The Hall–Kier alpha value is -0.870. The van der Waals surface area contributed by atoms with Gasteiger partial charge in [-0.1, -0.05) is 32.9 Å². The molecule has 0 bridgehead atoms. The fourth-order valence-electron chi connectivity index (χ4n) is 10.1. The minimum absolute atomic E-state index is 0.0683. The van der Waals surface area contributed by atoms with Gasteiger partial charge in [-0.2, -0.15) is 0 Å². The van der Waals surface area contributed by atoms with Crippen LogP contribution in [0.15, 0.2) is 12.2 Å². The van der Waals surface area contributed by atoms with Crippen LogP contribution < -0.4 is 0 Å². The van der Waals surface area contributed by atoms with Crippen molar-refractivity contribution < 1.29 is 19.4 Å². The molecule has 1 saturated heterocycles. The van der Waals surface area contributed by atoms with Gasteiger partial charge < -0.3 is 14.6 Å². The number of esters is 1. The molecule has 3 aliphatic carbocycles. The summed E-state index contributed by atoms with van der Waals surface area (Å²) in [5, 5.41) is 10.6. The highest BCUT2D eigenvalue weighted by molar-refractivity contribution is 5.69. The van der Waals surface area contributed by atoms with E-state index in [1.54, 1.807) is 0 Å². The lowest BCUT2D eigenvalue weighted by atomic mass is 9.38. The van der Waals surface area contributed by atoms with Gasteiger partial charge in [0.15, 0.2) is 0 Å². The van der Waals surface area contributed by atoms with Gasteiger partial charge in [-0.3, -0.25) is 4.79 Å². The molecule has 1 aliphatic heterocycles. The molecule has 9 atom stereocenters. The fourth-order valence-corrected chi connectivity index (χ4v) is 10.1. The zero-order valence-corrected chi connectivity index (χ0v) is 23.8. The summed E-state index contributed by atoms with van der Waals surface area (Å²) in [6.45, 7) is 20.4. The average Bonchev–Trinajstić information content (AvgIpc) is 3.34. The maximum Gasteiger partial charge on any atom is 0.305 e. The SMILES string of the molecule is C=C(C)C1CC[C@]2(C)[C@H](CCC3[C@@H]([C@]4(C)CC[C@H](C(C)(C)O)O4)CC[C@@]32C)[C@@]1(C)CCC(=O)OC. The summed E-state index contributed by atoms with van der Waals surface area (Å²) >= 11 is 0. The first kappa shape index (κ1) is 27.2. The standard InChI is InChI=1S/C31H52O4/c1-20(2)21-12-18-30(7)24(28(21,5)16-15-26(32)34-9)11-10-22-23(13-17-29(22,30)6)31(8)19-14-25(35-31)27(3,4)33/h21-25,33H,1,10-19H2,2-9H3/t21?,22?,23-,24+,25+,28-,29-,30+,31-/m0/s1. The Morgan fingerprint density at radius 3 is 2.23 bits per heavy atom. The predicted octanol–water partition coefficient (Wildman–Crippen LogP) is 7.09. The van der Waals surface area contributed by atoms with Gasteiger partial charge in [0.2, 0.25) is 0 Å². The number of rotatable bonds is 6. The number of fused-ring (bicyclic) bond motifs is 3. The molecule has 200 valence electrons. The summed E-state index contributed by atoms with van der Waals surface area (Å²) in [4.78, 5) is 12.2. The molecule has 0 spiro atoms. The van der Waals surface area contributed by atoms with E-state index in [9.17, 15) is 9.90 Å². The Morgan fingerprint density at radius 1 is 1.00 bits per heavy atom. The summed E-state index contributed by atoms with van der Waals surface area (Å²) in [6.07, 6.45) is 10.7. The van der Waals surface area contributed by atoms with Crippen LogP contribution in [0.5, 0.6) is 0 Å². The van der Waals surface area contributed by atoms with Crippen molar-refractivity contribution in [3.8, 4) is 0 Å². The summed E-state index contributed by atoms with van der Waals surface area (Å²) in [5.74, 6) is 2.16. The highest BCUT2D eigenvalue weighted by Gasteiger charge is 2.68. The number of hydrogen-bond acceptors (Lipinski definition) is 4. The first-order valence-corrected chi connectivity index (χ1v) is 14.2. The molecule has 1 N–H and O–H groups in total. The third kappa shape index (κ3) is 4.13. The minimum atomic E-state index is -0.786. The van der Waals surface area contributed by atoms with Crippen LogP contribution in [0.2, 0.25) is 0 Å². The van der Waals surface area contributed by atoms with Crippen molar-refractivity contribution in [3.05, 3.63) is 12.2 Å². The van der Waals surface area contributed by atoms with Crippen LogP contribution in [0.4, 0.5) is 0 Å². The van der Waals surface area contributed by atoms with Gasteiger partial charge in [0.25, 0.3) is 0 Å². The van der Waals surface area contributed by atoms with Gasteiger partial charge in [-0.05, 0) is 125 Å². The van der Waals surface area contributed by atoms with Crippen molar-refractivity contribution in [1.82, 2.24) is 0 Å². The zero-order chi connectivity index (χ0) is 26.0. The van der Waals surface area contributed by atoms with Crippen molar-refractivity contribution in [2.75, 3.05) is 7.11 Å². The van der Waals surface area contributed by atoms with Crippen LogP contribution in [0, 0.1) is 39.9 Å². The van der Waals surface area contributed by atoms with Crippen LogP contribution in [-0.4, -0.2) is 35.5 Å². The van der Waals surface area contributed by atoms with Crippen molar-refractivity contribution >= 4 is 5.97 Å². The lowest BCUT2D eigenvalue weighted by Crippen LogP contribution is -2.60. The van der Waals surface area contributed by atoms with E-state index in [0.717, 1.165) is 19.3 Å². The molecule has 35 heavy (non-hydrogen) atoms. The monoisotopic (exact) mass is 488 g/mol. The molecule has 4 heteroatoms. The number of carbonyl (C=O) groups excluding carboxylic acids is 1. The third-order valence-corrected chi connectivity index (χ3v) is 12.2. The lowest BCUT2D eigenvalue weighted by molar-refractivity contribution is -0.188. The number of ether oxygens (including phenoxy) is 2. The lowest BCUT2D eigenvalue weighted by Gasteiger charge is -2.66. The minimum Gasteiger partial charge on any atom is -0.469 e. The van der Waals surface area contributed by atoms with Crippen LogP contribution in [0.25, 0.3) is 0 Å². The fraction of sp³-hybridized carbons (Fsp3) is 0.903. The Balaban J connectivity index is 1.63. The summed E-state index contributed by atoms with van der Waals surface area (Å²) in [6, 6.07) is 0. The van der Waals surface area contributed by atoms with E-state index < -0.39 is 5.60 Å². The van der Waals surface area contributed by atoms with E-state index >= 15 is 0 Å². The van der Waals surface area contributed by atoms with E-state index in [2.05, 4.69) is 41.2 Å². The van der Waals surface area contributed by atoms with E-state index in [0.29, 0.717) is 30.1 Å². The first-order valence-electron chi connectivity index (χ1n) is 14.2. The number of methoxy groups -OCH3 is 1. The second-order valence-corrected chi connectivity index (χ2v) is 14.3. The van der Waals surface area contributed by atoms with Crippen LogP contribution >= 0.6 is 0 Å². The molecule has 4 aliphatic rings. The van der Waals surface area contributed by atoms with Gasteiger partial charge in [0.05, 0.1) is 24.4 Å². The maximum absolute atomic E-state index is 12.2. The first-order chi connectivity index (χ1) is 16.1. The van der Waals surface area contributed by atoms with Crippen molar-refractivity contribution in [3.63, 3.8) is 0 Å². The average molecular weight is 489 g/mol. The smallest absolute Gasteiger partial charge is 0.305 e. The summed E-state index contributed by atoms with van der Waals surface area (Å²) < 4.78 is 11.8. The number of carbonyl (C=O) groups is 1. The van der Waals surface area contributed by atoms with Gasteiger partial charge in [0.1, 0.15) is 0 Å². The second-order valence-electron chi connectivity index (χ2n) is 14.3. The molecule has 4 nitrogen and oxygen atoms in total. The summed E-state index contributed by atoms with van der Waals surface area (Å²) in [5.41, 5.74) is 0.933. The molecule has 0 amide bonds. The normalized spacial score (nSPS) is 47.7. The van der Waals surface area contributed by atoms with Crippen LogP contribution in [-0.2, 0) is 14.3 Å². The van der Waals surface area contributed by atoms with E-state index in [4.69, 9.17) is 9.47 Å². The van der Waals surface area contributed by atoms with E-state index in [-0.39, 0.29) is 33.9 Å². The number of allylic oxidation sites excluding steroid dienone is 1. The van der Waals surface area contributed by atoms with E-state index in [1.165, 1.54) is 51.2 Å². The molecule has 1 heterocycles. The highest BCUT2D eigenvalue weighted by atomic mass is 16.5. The van der Waals surface area contributed by atoms with Gasteiger partial charge in [-0.15, -0.1) is 0 Å². The van der Waals surface area contributed by atoms with Crippen molar-refractivity contribution in [1.29, 1.82) is 0 Å². The topological polar surface area (TPSA) is 55.8 Å². The number of aliphatic hydroxyl groups is 1. The summed E-state index contributed by atoms with van der Waals surface area (Å²) in [7, 11) is 1.50. The van der Waals surface area contributed by atoms with Crippen molar-refractivity contribution in [2.45, 2.75) is 130 Å². The Labute approximate surface area is 214 Å².